The van der Waals surface area contributed by atoms with E-state index in [1.165, 1.54) is 49.7 Å². The van der Waals surface area contributed by atoms with Gasteiger partial charge in [-0.15, -0.1) is 0 Å². The van der Waals surface area contributed by atoms with Gasteiger partial charge in [-0.2, -0.15) is 0 Å². The molecular weight excluding hydrogens is 424 g/mol. The highest BCUT2D eigenvalue weighted by molar-refractivity contribution is 5.83. The van der Waals surface area contributed by atoms with Crippen molar-refractivity contribution in [2.45, 2.75) is 83.2 Å². The molecule has 4 bridgehead atoms. The van der Waals surface area contributed by atoms with Crippen LogP contribution in [0.1, 0.15) is 82.4 Å². The lowest BCUT2D eigenvalue weighted by Gasteiger charge is -2.55. The van der Waals surface area contributed by atoms with E-state index in [0.29, 0.717) is 23.7 Å². The van der Waals surface area contributed by atoms with Gasteiger partial charge in [0.05, 0.1) is 14.2 Å². The lowest BCUT2D eigenvalue weighted by atomic mass is 9.53. The summed E-state index contributed by atoms with van der Waals surface area (Å²) in [6.45, 7) is 6.31. The zero-order chi connectivity index (χ0) is 24.0. The molecule has 0 amide bonds. The first-order valence-corrected chi connectivity index (χ1v) is 13.6. The summed E-state index contributed by atoms with van der Waals surface area (Å²) in [4.78, 5) is 15.1. The predicted molar refractivity (Wildman–Crippen MR) is 135 cm³/mol. The van der Waals surface area contributed by atoms with Gasteiger partial charge in [-0.25, -0.2) is 0 Å². The van der Waals surface area contributed by atoms with Crippen LogP contribution in [0.15, 0.2) is 12.1 Å². The van der Waals surface area contributed by atoms with E-state index in [0.717, 1.165) is 55.2 Å². The highest BCUT2D eigenvalue weighted by Crippen LogP contribution is 2.54. The van der Waals surface area contributed by atoms with Crippen molar-refractivity contribution in [2.24, 2.45) is 35.3 Å². The van der Waals surface area contributed by atoms with Gasteiger partial charge < -0.3 is 15.2 Å². The monoisotopic (exact) mass is 468 g/mol. The van der Waals surface area contributed by atoms with Crippen LogP contribution in [0.4, 0.5) is 0 Å². The van der Waals surface area contributed by atoms with Crippen molar-refractivity contribution in [3.8, 4) is 11.5 Å². The average Bonchev–Trinajstić information content (AvgIpc) is 2.77. The summed E-state index contributed by atoms with van der Waals surface area (Å²) in [6.07, 6.45) is 11.2. The summed E-state index contributed by atoms with van der Waals surface area (Å²) >= 11 is 0. The summed E-state index contributed by atoms with van der Waals surface area (Å²) < 4.78 is 10.9. The fourth-order valence-corrected chi connectivity index (χ4v) is 8.23. The summed E-state index contributed by atoms with van der Waals surface area (Å²) in [5, 5.41) is 0. The third kappa shape index (κ3) is 4.75. The number of carbonyl (C=O) groups is 1. The summed E-state index contributed by atoms with van der Waals surface area (Å²) in [5.41, 5.74) is 9.15. The lowest BCUT2D eigenvalue weighted by molar-refractivity contribution is -0.129. The maximum absolute atomic E-state index is 12.6. The number of benzene rings is 1. The van der Waals surface area contributed by atoms with Gasteiger partial charge in [-0.05, 0) is 98.3 Å². The highest BCUT2D eigenvalue weighted by atomic mass is 16.5. The number of carbonyl (C=O) groups excluding carboxylic acids is 1. The Labute approximate surface area is 205 Å². The zero-order valence-corrected chi connectivity index (χ0v) is 21.6. The van der Waals surface area contributed by atoms with Gasteiger partial charge in [0, 0.05) is 37.0 Å². The number of ether oxygens (including phenoxy) is 2. The van der Waals surface area contributed by atoms with E-state index < -0.39 is 0 Å². The van der Waals surface area contributed by atoms with Crippen LogP contribution in [0, 0.1) is 29.6 Å². The van der Waals surface area contributed by atoms with Gasteiger partial charge in [-0.1, -0.05) is 13.8 Å². The second-order valence-electron chi connectivity index (χ2n) is 12.4. The normalized spacial score (nSPS) is 35.9. The third-order valence-electron chi connectivity index (χ3n) is 9.26. The minimum atomic E-state index is 0.202. The quantitative estimate of drug-likeness (QED) is 0.662. The average molecular weight is 469 g/mol. The van der Waals surface area contributed by atoms with Crippen molar-refractivity contribution in [3.63, 3.8) is 0 Å². The van der Waals surface area contributed by atoms with Crippen molar-refractivity contribution >= 4 is 5.78 Å². The Morgan fingerprint density at radius 2 is 1.62 bits per heavy atom. The molecular formula is C29H44N2O3. The van der Waals surface area contributed by atoms with Gasteiger partial charge in [-0.3, -0.25) is 9.69 Å². The molecule has 5 heteroatoms. The molecule has 1 aromatic carbocycles. The molecule has 6 aliphatic rings. The first-order valence-electron chi connectivity index (χ1n) is 13.6. The number of piperidine rings is 1. The molecule has 2 N–H and O–H groups in total. The fourth-order valence-electron chi connectivity index (χ4n) is 8.23. The van der Waals surface area contributed by atoms with Crippen molar-refractivity contribution in [3.05, 3.63) is 23.3 Å². The van der Waals surface area contributed by atoms with Gasteiger partial charge in [0.25, 0.3) is 0 Å². The number of nitrogens with two attached hydrogens (primary N) is 1. The Kier molecular flexibility index (Phi) is 6.71. The molecule has 1 saturated heterocycles. The van der Waals surface area contributed by atoms with E-state index in [4.69, 9.17) is 15.2 Å². The van der Waals surface area contributed by atoms with Gasteiger partial charge >= 0.3 is 0 Å². The van der Waals surface area contributed by atoms with Crippen LogP contribution in [-0.2, 0) is 11.2 Å². The number of methoxy groups -OCH3 is 2. The SMILES string of the molecule is COc1cc2c(cc1OC)[C@@H]1CC(=O)[C@@H](CC(C)C)CN1CC2.NC12CC3CC(CC(C3)C1)C2. The molecule has 0 aromatic heterocycles. The first-order chi connectivity index (χ1) is 16.3. The molecule has 7 rings (SSSR count). The Balaban J connectivity index is 0.000000180. The van der Waals surface area contributed by atoms with E-state index >= 15 is 0 Å². The summed E-state index contributed by atoms with van der Waals surface area (Å²) in [5.74, 6) is 5.78. The summed E-state index contributed by atoms with van der Waals surface area (Å²) in [7, 11) is 3.33. The molecule has 2 atom stereocenters. The number of nitrogens with zero attached hydrogens (tertiary/aromatic N) is 1. The van der Waals surface area contributed by atoms with E-state index in [9.17, 15) is 4.79 Å². The zero-order valence-electron chi connectivity index (χ0n) is 21.6. The minimum Gasteiger partial charge on any atom is -0.493 e. The topological polar surface area (TPSA) is 64.8 Å². The minimum absolute atomic E-state index is 0.202. The second kappa shape index (κ2) is 9.46. The molecule has 4 aliphatic carbocycles. The molecule has 5 nitrogen and oxygen atoms in total. The standard InChI is InChI=1S/C19H27NO3.C10H17N/c1-12(2)7-14-11-20-6-5-13-8-18(22-3)19(23-4)9-15(13)16(20)10-17(14)21;11-10-4-7-1-8(5-10)3-9(2-7)6-10/h8-9,12,14,16H,5-7,10-11H2,1-4H3;7-9H,1-6,11H2/t14-,16-;/m0./s1. The molecule has 4 saturated carbocycles. The van der Waals surface area contributed by atoms with E-state index in [1.807, 2.05) is 0 Å². The molecule has 0 unspecified atom stereocenters. The molecule has 5 fully saturated rings. The number of ketones is 1. The van der Waals surface area contributed by atoms with Crippen LogP contribution in [0.25, 0.3) is 0 Å². The fraction of sp³-hybridized carbons (Fsp3) is 0.759. The van der Waals surface area contributed by atoms with Crippen molar-refractivity contribution in [1.82, 2.24) is 4.90 Å². The maximum atomic E-state index is 12.6. The Morgan fingerprint density at radius 1 is 1.03 bits per heavy atom. The van der Waals surface area contributed by atoms with Crippen LogP contribution < -0.4 is 15.2 Å². The van der Waals surface area contributed by atoms with Crippen LogP contribution >= 0.6 is 0 Å². The van der Waals surface area contributed by atoms with E-state index in [2.05, 4.69) is 30.9 Å². The Morgan fingerprint density at radius 3 is 2.15 bits per heavy atom. The largest absolute Gasteiger partial charge is 0.493 e. The van der Waals surface area contributed by atoms with Crippen LogP contribution in [0.2, 0.25) is 0 Å². The maximum Gasteiger partial charge on any atom is 0.161 e. The van der Waals surface area contributed by atoms with Gasteiger partial charge in [0.2, 0.25) is 0 Å². The molecule has 1 aromatic rings. The van der Waals surface area contributed by atoms with Crippen molar-refractivity contribution in [2.75, 3.05) is 27.3 Å². The van der Waals surface area contributed by atoms with Crippen molar-refractivity contribution in [1.29, 1.82) is 0 Å². The third-order valence-corrected chi connectivity index (χ3v) is 9.26. The van der Waals surface area contributed by atoms with Crippen LogP contribution in [-0.4, -0.2) is 43.5 Å². The molecule has 2 heterocycles. The van der Waals surface area contributed by atoms with E-state index in [1.54, 1.807) is 14.2 Å². The number of Topliss-reactive ketones (excluding diaryl/α,β-unsaturated/α-hetero) is 1. The number of fused-ring (bicyclic) bond motifs is 3. The molecule has 188 valence electrons. The number of hydrogen-bond donors (Lipinski definition) is 1. The van der Waals surface area contributed by atoms with Gasteiger partial charge in [0.15, 0.2) is 11.5 Å². The lowest BCUT2D eigenvalue weighted by Crippen LogP contribution is -2.55. The predicted octanol–water partition coefficient (Wildman–Crippen LogP) is 5.15. The molecule has 34 heavy (non-hydrogen) atoms. The molecule has 2 aliphatic heterocycles. The van der Waals surface area contributed by atoms with Crippen LogP contribution in [0.5, 0.6) is 11.5 Å². The highest BCUT2D eigenvalue weighted by Gasteiger charge is 2.48. The number of rotatable bonds is 4. The Bertz CT molecular complexity index is 876. The first kappa shape index (κ1) is 24.1. The van der Waals surface area contributed by atoms with Crippen molar-refractivity contribution < 1.29 is 14.3 Å². The molecule has 0 spiro atoms. The van der Waals surface area contributed by atoms with Gasteiger partial charge in [0.1, 0.15) is 5.78 Å². The number of hydrogen-bond acceptors (Lipinski definition) is 5. The van der Waals surface area contributed by atoms with Crippen LogP contribution in [0.3, 0.4) is 0 Å². The second-order valence-corrected chi connectivity index (χ2v) is 12.4. The molecule has 0 radical (unpaired) electrons. The smallest absolute Gasteiger partial charge is 0.161 e. The summed E-state index contributed by atoms with van der Waals surface area (Å²) in [6, 6.07) is 4.35. The van der Waals surface area contributed by atoms with E-state index in [-0.39, 0.29) is 12.0 Å². The Hall–Kier alpha value is -1.59.